The fourth-order valence-electron chi connectivity index (χ4n) is 2.68. The number of H-pyrrole nitrogens is 1. The summed E-state index contributed by atoms with van der Waals surface area (Å²) in [6, 6.07) is 10.7. The highest BCUT2D eigenvalue weighted by Gasteiger charge is 2.28. The van der Waals surface area contributed by atoms with Crippen molar-refractivity contribution < 1.29 is 4.79 Å². The van der Waals surface area contributed by atoms with Gasteiger partial charge in [0.25, 0.3) is 5.91 Å². The van der Waals surface area contributed by atoms with E-state index in [1.54, 1.807) is 4.90 Å². The van der Waals surface area contributed by atoms with Crippen molar-refractivity contribution in [2.45, 2.75) is 6.54 Å². The van der Waals surface area contributed by atoms with Gasteiger partial charge in [0.05, 0.1) is 16.6 Å². The first-order valence-corrected chi connectivity index (χ1v) is 6.70. The second-order valence-electron chi connectivity index (χ2n) is 4.95. The quantitative estimate of drug-likeness (QED) is 0.732. The molecule has 0 spiro atoms. The summed E-state index contributed by atoms with van der Waals surface area (Å²) < 4.78 is 2.04. The van der Waals surface area contributed by atoms with Crippen LogP contribution in [-0.4, -0.2) is 27.0 Å². The van der Waals surface area contributed by atoms with Crippen LogP contribution < -0.4 is 10.5 Å². The van der Waals surface area contributed by atoms with Crippen molar-refractivity contribution in [1.29, 1.82) is 0 Å². The number of para-hydroxylation sites is 2. The Hall–Kier alpha value is -2.89. The molecular weight excluding hydrogens is 268 g/mol. The first-order valence-electron chi connectivity index (χ1n) is 6.70. The maximum Gasteiger partial charge on any atom is 0.262 e. The fraction of sp³-hybridized carbons (Fsp3) is 0.133. The van der Waals surface area contributed by atoms with Gasteiger partial charge in [-0.05, 0) is 18.2 Å². The summed E-state index contributed by atoms with van der Waals surface area (Å²) in [4.78, 5) is 32.3. The number of pyridine rings is 1. The molecule has 0 atom stereocenters. The number of nitrogens with zero attached hydrogens (tertiary/aromatic N) is 3. The van der Waals surface area contributed by atoms with Crippen molar-refractivity contribution in [3.05, 3.63) is 58.5 Å². The zero-order chi connectivity index (χ0) is 14.4. The van der Waals surface area contributed by atoms with Crippen LogP contribution in [-0.2, 0) is 6.54 Å². The number of amides is 1. The molecule has 3 heterocycles. The average molecular weight is 280 g/mol. The first kappa shape index (κ1) is 11.9. The second kappa shape index (κ2) is 4.31. The molecule has 0 saturated heterocycles. The minimum Gasteiger partial charge on any atom is -0.328 e. The van der Waals surface area contributed by atoms with E-state index in [-0.39, 0.29) is 11.5 Å². The molecule has 0 aliphatic carbocycles. The van der Waals surface area contributed by atoms with Gasteiger partial charge in [-0.1, -0.05) is 12.1 Å². The molecule has 6 nitrogen and oxygen atoms in total. The molecule has 1 aliphatic rings. The van der Waals surface area contributed by atoms with E-state index in [9.17, 15) is 9.59 Å². The molecule has 2 aromatic heterocycles. The molecule has 104 valence electrons. The lowest BCUT2D eigenvalue weighted by atomic mass is 10.2. The monoisotopic (exact) mass is 280 g/mol. The Morgan fingerprint density at radius 2 is 2.00 bits per heavy atom. The van der Waals surface area contributed by atoms with Gasteiger partial charge in [0, 0.05) is 25.4 Å². The number of carbonyl (C=O) groups is 1. The highest BCUT2D eigenvalue weighted by Crippen LogP contribution is 2.27. The summed E-state index contributed by atoms with van der Waals surface area (Å²) in [5.41, 5.74) is 2.14. The molecule has 4 rings (SSSR count). The van der Waals surface area contributed by atoms with E-state index in [0.29, 0.717) is 18.1 Å². The van der Waals surface area contributed by atoms with Crippen molar-refractivity contribution in [2.75, 3.05) is 11.4 Å². The third-order valence-corrected chi connectivity index (χ3v) is 3.70. The smallest absolute Gasteiger partial charge is 0.262 e. The normalized spacial score (nSPS) is 13.6. The summed E-state index contributed by atoms with van der Waals surface area (Å²) in [6.45, 7) is 1.32. The first-order chi connectivity index (χ1) is 10.2. The van der Waals surface area contributed by atoms with Gasteiger partial charge in [-0.3, -0.25) is 14.5 Å². The van der Waals surface area contributed by atoms with Crippen LogP contribution in [0.15, 0.2) is 47.4 Å². The Kier molecular flexibility index (Phi) is 2.44. The van der Waals surface area contributed by atoms with E-state index in [2.05, 4.69) is 9.97 Å². The molecule has 1 N–H and O–H groups in total. The molecular formula is C15H12N4O2. The number of rotatable bonds is 1. The third kappa shape index (κ3) is 1.76. The van der Waals surface area contributed by atoms with Crippen LogP contribution in [0.1, 0.15) is 10.4 Å². The van der Waals surface area contributed by atoms with E-state index in [0.717, 1.165) is 17.6 Å². The Morgan fingerprint density at radius 1 is 1.14 bits per heavy atom. The number of benzene rings is 1. The lowest BCUT2D eigenvalue weighted by Gasteiger charge is -2.13. The maximum atomic E-state index is 12.5. The summed E-state index contributed by atoms with van der Waals surface area (Å²) in [5.74, 6) is 0.507. The number of fused-ring (bicyclic) bond motifs is 3. The Balaban J connectivity index is 1.77. The van der Waals surface area contributed by atoms with Crippen LogP contribution in [0, 0.1) is 0 Å². The predicted octanol–water partition coefficient (Wildman–Crippen LogP) is 1.39. The van der Waals surface area contributed by atoms with Crippen molar-refractivity contribution in [2.24, 2.45) is 0 Å². The third-order valence-electron chi connectivity index (χ3n) is 3.70. The minimum absolute atomic E-state index is 0.152. The average Bonchev–Trinajstić information content (AvgIpc) is 3.06. The number of carbonyl (C=O) groups excluding carboxylic acids is 1. The van der Waals surface area contributed by atoms with Gasteiger partial charge in [0.1, 0.15) is 0 Å². The van der Waals surface area contributed by atoms with E-state index >= 15 is 0 Å². The lowest BCUT2D eigenvalue weighted by Crippen LogP contribution is -2.29. The molecule has 0 saturated carbocycles. The predicted molar refractivity (Wildman–Crippen MR) is 78.5 cm³/mol. The van der Waals surface area contributed by atoms with Gasteiger partial charge in [0.15, 0.2) is 0 Å². The number of aromatic nitrogens is 3. The molecule has 0 bridgehead atoms. The topological polar surface area (TPSA) is 71.0 Å². The number of nitrogens with one attached hydrogen (secondary N) is 1. The van der Waals surface area contributed by atoms with Crippen LogP contribution in [0.25, 0.3) is 11.0 Å². The molecule has 21 heavy (non-hydrogen) atoms. The number of aromatic amines is 1. The van der Waals surface area contributed by atoms with Gasteiger partial charge < -0.3 is 9.55 Å². The van der Waals surface area contributed by atoms with Gasteiger partial charge in [-0.25, -0.2) is 4.98 Å². The maximum absolute atomic E-state index is 12.5. The minimum atomic E-state index is -0.222. The van der Waals surface area contributed by atoms with E-state index in [1.807, 2.05) is 28.8 Å². The molecule has 0 unspecified atom stereocenters. The van der Waals surface area contributed by atoms with E-state index in [1.165, 1.54) is 18.3 Å². The van der Waals surface area contributed by atoms with Gasteiger partial charge >= 0.3 is 0 Å². The van der Waals surface area contributed by atoms with Crippen molar-refractivity contribution in [1.82, 2.24) is 14.5 Å². The molecule has 1 aliphatic heterocycles. The fourth-order valence-corrected chi connectivity index (χ4v) is 2.68. The van der Waals surface area contributed by atoms with E-state index < -0.39 is 0 Å². The number of imidazole rings is 1. The molecule has 6 heteroatoms. The Labute approximate surface area is 119 Å². The molecule has 1 amide bonds. The summed E-state index contributed by atoms with van der Waals surface area (Å²) in [5, 5.41) is 0. The van der Waals surface area contributed by atoms with Crippen LogP contribution in [0.5, 0.6) is 0 Å². The largest absolute Gasteiger partial charge is 0.328 e. The van der Waals surface area contributed by atoms with Crippen LogP contribution in [0.4, 0.5) is 5.95 Å². The van der Waals surface area contributed by atoms with Crippen LogP contribution >= 0.6 is 0 Å². The van der Waals surface area contributed by atoms with Crippen molar-refractivity contribution in [3.8, 4) is 0 Å². The van der Waals surface area contributed by atoms with Crippen molar-refractivity contribution >= 4 is 22.9 Å². The SMILES string of the molecule is O=C(c1ccc(=O)[nH]c1)N1CCn2c1nc1ccccc12. The van der Waals surface area contributed by atoms with Crippen LogP contribution in [0.2, 0.25) is 0 Å². The van der Waals surface area contributed by atoms with Gasteiger partial charge in [-0.15, -0.1) is 0 Å². The summed E-state index contributed by atoms with van der Waals surface area (Å²) in [7, 11) is 0. The molecule has 0 radical (unpaired) electrons. The molecule has 0 fully saturated rings. The van der Waals surface area contributed by atoms with Gasteiger partial charge in [0.2, 0.25) is 11.5 Å². The van der Waals surface area contributed by atoms with Gasteiger partial charge in [-0.2, -0.15) is 0 Å². The number of anilines is 1. The summed E-state index contributed by atoms with van der Waals surface area (Å²) in [6.07, 6.45) is 1.44. The highest BCUT2D eigenvalue weighted by molar-refractivity contribution is 6.06. The van der Waals surface area contributed by atoms with Crippen LogP contribution in [0.3, 0.4) is 0 Å². The zero-order valence-electron chi connectivity index (χ0n) is 11.1. The molecule has 3 aromatic rings. The van der Waals surface area contributed by atoms with Crippen molar-refractivity contribution in [3.63, 3.8) is 0 Å². The Bertz CT molecular complexity index is 889. The zero-order valence-corrected chi connectivity index (χ0v) is 11.1. The number of hydrogen-bond acceptors (Lipinski definition) is 3. The summed E-state index contributed by atoms with van der Waals surface area (Å²) >= 11 is 0. The molecule has 1 aromatic carbocycles. The Morgan fingerprint density at radius 3 is 2.81 bits per heavy atom. The second-order valence-corrected chi connectivity index (χ2v) is 4.95. The number of hydrogen-bond donors (Lipinski definition) is 1. The lowest BCUT2D eigenvalue weighted by molar-refractivity contribution is 0.0988. The van der Waals surface area contributed by atoms with E-state index in [4.69, 9.17) is 0 Å². The standard InChI is InChI=1S/C15H12N4O2/c20-13-6-5-10(9-16-13)14(21)19-8-7-18-12-4-2-1-3-11(12)17-15(18)19/h1-6,9H,7-8H2,(H,16,20). The highest BCUT2D eigenvalue weighted by atomic mass is 16.2.